The molecule has 0 unspecified atom stereocenters. The number of furan rings is 2. The Morgan fingerprint density at radius 3 is 1.63 bits per heavy atom. The summed E-state index contributed by atoms with van der Waals surface area (Å²) >= 11 is 0. The minimum absolute atomic E-state index is 0.845. The smallest absolute Gasteiger partial charge is 0.137 e. The van der Waals surface area contributed by atoms with E-state index in [9.17, 15) is 0 Å². The molecule has 0 aliphatic heterocycles. The van der Waals surface area contributed by atoms with Gasteiger partial charge in [-0.2, -0.15) is 0 Å². The van der Waals surface area contributed by atoms with Gasteiger partial charge in [-0.25, -0.2) is 0 Å². The Bertz CT molecular complexity index is 2450. The van der Waals surface area contributed by atoms with E-state index in [0.717, 1.165) is 66.5 Å². The molecule has 2 aromatic heterocycles. The summed E-state index contributed by atoms with van der Waals surface area (Å²) in [7, 11) is 0. The van der Waals surface area contributed by atoms with Crippen LogP contribution in [0.4, 0.5) is 17.1 Å². The number of para-hydroxylation sites is 1. The SMILES string of the molecule is c1ccc(-c2ccc3c(c2)oc2cc4c(cc23)oc2cc(N(c3ccccc3)c3ccc5ccccc5c3)ccc24)cc1. The van der Waals surface area contributed by atoms with Gasteiger partial charge in [-0.05, 0) is 82.6 Å². The van der Waals surface area contributed by atoms with E-state index in [1.807, 2.05) is 12.1 Å². The van der Waals surface area contributed by atoms with Gasteiger partial charge in [0.05, 0.1) is 0 Å². The van der Waals surface area contributed by atoms with Gasteiger partial charge in [-0.1, -0.05) is 84.9 Å². The quantitative estimate of drug-likeness (QED) is 0.218. The second kappa shape index (κ2) is 9.37. The van der Waals surface area contributed by atoms with Crippen molar-refractivity contribution in [3.05, 3.63) is 152 Å². The third-order valence-corrected chi connectivity index (χ3v) is 8.42. The molecule has 3 nitrogen and oxygen atoms in total. The fraction of sp³-hybridized carbons (Fsp3) is 0. The average Bonchev–Trinajstić information content (AvgIpc) is 3.61. The van der Waals surface area contributed by atoms with Gasteiger partial charge in [-0.3, -0.25) is 0 Å². The number of rotatable bonds is 4. The summed E-state index contributed by atoms with van der Waals surface area (Å²) in [5.41, 5.74) is 8.98. The molecule has 0 saturated carbocycles. The van der Waals surface area contributed by atoms with Crippen LogP contribution in [0.1, 0.15) is 0 Å². The lowest BCUT2D eigenvalue weighted by atomic mass is 10.0. The largest absolute Gasteiger partial charge is 0.456 e. The van der Waals surface area contributed by atoms with Crippen molar-refractivity contribution in [2.75, 3.05) is 4.90 Å². The van der Waals surface area contributed by atoms with Crippen LogP contribution in [0, 0.1) is 0 Å². The number of nitrogens with zero attached hydrogens (tertiary/aromatic N) is 1. The second-order valence-corrected chi connectivity index (χ2v) is 11.0. The maximum absolute atomic E-state index is 6.54. The summed E-state index contributed by atoms with van der Waals surface area (Å²) in [6.07, 6.45) is 0. The zero-order valence-electron chi connectivity index (χ0n) is 23.2. The summed E-state index contributed by atoms with van der Waals surface area (Å²) in [6.45, 7) is 0. The summed E-state index contributed by atoms with van der Waals surface area (Å²) in [5, 5.41) is 6.69. The topological polar surface area (TPSA) is 29.5 Å². The van der Waals surface area contributed by atoms with Crippen LogP contribution in [-0.2, 0) is 0 Å². The minimum atomic E-state index is 0.845. The molecule has 0 bridgehead atoms. The van der Waals surface area contributed by atoms with Gasteiger partial charge in [0, 0.05) is 44.7 Å². The predicted octanol–water partition coefficient (Wildman–Crippen LogP) is 11.8. The Kier molecular flexibility index (Phi) is 5.20. The van der Waals surface area contributed by atoms with Crippen molar-refractivity contribution in [2.24, 2.45) is 0 Å². The summed E-state index contributed by atoms with van der Waals surface area (Å²) in [4.78, 5) is 2.28. The lowest BCUT2D eigenvalue weighted by Gasteiger charge is -2.25. The van der Waals surface area contributed by atoms with E-state index in [1.165, 1.54) is 16.3 Å². The molecule has 0 amide bonds. The van der Waals surface area contributed by atoms with Crippen LogP contribution in [0.15, 0.2) is 160 Å². The number of anilines is 3. The normalized spacial score (nSPS) is 11.7. The molecule has 3 heteroatoms. The average molecular weight is 552 g/mol. The predicted molar refractivity (Wildman–Crippen MR) is 179 cm³/mol. The van der Waals surface area contributed by atoms with Gasteiger partial charge < -0.3 is 13.7 Å². The fourth-order valence-electron chi connectivity index (χ4n) is 6.32. The molecule has 0 aliphatic carbocycles. The second-order valence-electron chi connectivity index (χ2n) is 11.0. The zero-order chi connectivity index (χ0) is 28.3. The Morgan fingerprint density at radius 1 is 0.326 bits per heavy atom. The van der Waals surface area contributed by atoms with Crippen LogP contribution < -0.4 is 4.90 Å². The molecule has 0 fully saturated rings. The first-order valence-electron chi connectivity index (χ1n) is 14.5. The van der Waals surface area contributed by atoms with E-state index >= 15 is 0 Å². The molecule has 0 spiro atoms. The Morgan fingerprint density at radius 2 is 0.884 bits per heavy atom. The van der Waals surface area contributed by atoms with E-state index in [4.69, 9.17) is 8.83 Å². The molecule has 0 aliphatic rings. The van der Waals surface area contributed by atoms with E-state index in [-0.39, 0.29) is 0 Å². The van der Waals surface area contributed by atoms with E-state index in [1.54, 1.807) is 0 Å². The molecule has 9 rings (SSSR count). The van der Waals surface area contributed by atoms with Gasteiger partial charge in [0.15, 0.2) is 0 Å². The highest BCUT2D eigenvalue weighted by molar-refractivity contribution is 6.15. The third kappa shape index (κ3) is 3.90. The van der Waals surface area contributed by atoms with Crippen molar-refractivity contribution in [3.63, 3.8) is 0 Å². The van der Waals surface area contributed by atoms with Crippen LogP contribution >= 0.6 is 0 Å². The first-order chi connectivity index (χ1) is 21.3. The Labute approximate surface area is 247 Å². The van der Waals surface area contributed by atoms with Crippen molar-refractivity contribution < 1.29 is 8.83 Å². The maximum Gasteiger partial charge on any atom is 0.137 e. The van der Waals surface area contributed by atoms with Crippen LogP contribution in [0.3, 0.4) is 0 Å². The molecular weight excluding hydrogens is 526 g/mol. The Balaban J connectivity index is 1.18. The molecule has 2 heterocycles. The van der Waals surface area contributed by atoms with Crippen LogP contribution in [0.2, 0.25) is 0 Å². The number of hydrogen-bond acceptors (Lipinski definition) is 3. The molecule has 0 atom stereocenters. The van der Waals surface area contributed by atoms with Crippen molar-refractivity contribution in [1.29, 1.82) is 0 Å². The standard InChI is InChI=1S/C40H25NO2/c1-3-9-26(10-4-1)29-16-19-33-35-24-40-36(25-39(35)42-37(33)22-29)34-20-18-32(23-38(34)43-40)41(30-13-5-2-6-14-30)31-17-15-27-11-7-8-12-28(27)21-31/h1-25H. The first-order valence-corrected chi connectivity index (χ1v) is 14.5. The zero-order valence-corrected chi connectivity index (χ0v) is 23.2. The molecule has 0 radical (unpaired) electrons. The van der Waals surface area contributed by atoms with Crippen LogP contribution in [0.5, 0.6) is 0 Å². The molecule has 7 aromatic carbocycles. The lowest BCUT2D eigenvalue weighted by Crippen LogP contribution is -2.09. The maximum atomic E-state index is 6.54. The Hall–Kier alpha value is -5.80. The minimum Gasteiger partial charge on any atom is -0.456 e. The van der Waals surface area contributed by atoms with Crippen molar-refractivity contribution >= 4 is 71.7 Å². The molecular formula is C40H25NO2. The van der Waals surface area contributed by atoms with Crippen LogP contribution in [0.25, 0.3) is 65.8 Å². The van der Waals surface area contributed by atoms with Gasteiger partial charge in [0.2, 0.25) is 0 Å². The highest BCUT2D eigenvalue weighted by Crippen LogP contribution is 2.41. The lowest BCUT2D eigenvalue weighted by molar-refractivity contribution is 0.664. The summed E-state index contributed by atoms with van der Waals surface area (Å²) < 4.78 is 12.9. The fourth-order valence-corrected chi connectivity index (χ4v) is 6.32. The van der Waals surface area contributed by atoms with Crippen molar-refractivity contribution in [2.45, 2.75) is 0 Å². The molecule has 202 valence electrons. The summed E-state index contributed by atoms with van der Waals surface area (Å²) in [5.74, 6) is 0. The van der Waals surface area contributed by atoms with E-state index in [2.05, 4.69) is 144 Å². The van der Waals surface area contributed by atoms with Gasteiger partial charge in [0.25, 0.3) is 0 Å². The van der Waals surface area contributed by atoms with Crippen molar-refractivity contribution in [3.8, 4) is 11.1 Å². The number of benzene rings is 7. The highest BCUT2D eigenvalue weighted by atomic mass is 16.3. The van der Waals surface area contributed by atoms with Crippen molar-refractivity contribution in [1.82, 2.24) is 0 Å². The summed E-state index contributed by atoms with van der Waals surface area (Å²) in [6, 6.07) is 53.1. The first kappa shape index (κ1) is 23.9. The van der Waals surface area contributed by atoms with Crippen LogP contribution in [-0.4, -0.2) is 0 Å². The molecule has 9 aromatic rings. The molecule has 0 saturated heterocycles. The van der Waals surface area contributed by atoms with Gasteiger partial charge >= 0.3 is 0 Å². The third-order valence-electron chi connectivity index (χ3n) is 8.42. The number of hydrogen-bond donors (Lipinski definition) is 0. The highest BCUT2D eigenvalue weighted by Gasteiger charge is 2.18. The molecule has 43 heavy (non-hydrogen) atoms. The number of fused-ring (bicyclic) bond motifs is 7. The van der Waals surface area contributed by atoms with E-state index < -0.39 is 0 Å². The van der Waals surface area contributed by atoms with Gasteiger partial charge in [-0.15, -0.1) is 0 Å². The van der Waals surface area contributed by atoms with Gasteiger partial charge in [0.1, 0.15) is 22.3 Å². The van der Waals surface area contributed by atoms with E-state index in [0.29, 0.717) is 0 Å². The molecule has 0 N–H and O–H groups in total. The monoisotopic (exact) mass is 551 g/mol.